The fraction of sp³-hybridized carbons (Fsp3) is 0. The summed E-state index contributed by atoms with van der Waals surface area (Å²) in [4.78, 5) is 11.2. The van der Waals surface area contributed by atoms with Gasteiger partial charge in [0.15, 0.2) is 0 Å². The number of rotatable bonds is 1. The molecule has 80 valence electrons. The minimum atomic E-state index is -0.795. The van der Waals surface area contributed by atoms with E-state index in [1.165, 1.54) is 0 Å². The van der Waals surface area contributed by atoms with Crippen molar-refractivity contribution in [3.05, 3.63) is 42.5 Å². The average Bonchev–Trinajstić information content (AvgIpc) is 2.36. The number of amides is 2. The highest BCUT2D eigenvalue weighted by Crippen LogP contribution is 2.25. The highest BCUT2D eigenvalue weighted by atomic mass is 16.2. The molecule has 3 N–H and O–H groups in total. The SMILES string of the molecule is N=NC(=O)N(N)c1cccc2ccccc12. The maximum absolute atomic E-state index is 11.2. The van der Waals surface area contributed by atoms with E-state index in [2.05, 4.69) is 5.11 Å². The number of urea groups is 1. The van der Waals surface area contributed by atoms with E-state index in [-0.39, 0.29) is 0 Å². The number of hydrogen-bond donors (Lipinski definition) is 2. The Morgan fingerprint density at radius 2 is 1.88 bits per heavy atom. The molecule has 16 heavy (non-hydrogen) atoms. The van der Waals surface area contributed by atoms with Gasteiger partial charge < -0.3 is 0 Å². The minimum Gasteiger partial charge on any atom is -0.242 e. The molecule has 0 fully saturated rings. The van der Waals surface area contributed by atoms with Crippen molar-refractivity contribution in [2.45, 2.75) is 0 Å². The number of nitrogens with one attached hydrogen (secondary N) is 1. The zero-order valence-electron chi connectivity index (χ0n) is 8.42. The van der Waals surface area contributed by atoms with Crippen LogP contribution in [0.3, 0.4) is 0 Å². The van der Waals surface area contributed by atoms with Gasteiger partial charge >= 0.3 is 6.03 Å². The number of benzene rings is 2. The number of fused-ring (bicyclic) bond motifs is 1. The van der Waals surface area contributed by atoms with Gasteiger partial charge in [-0.2, -0.15) is 5.53 Å². The third-order valence-electron chi connectivity index (χ3n) is 2.33. The van der Waals surface area contributed by atoms with Crippen LogP contribution in [0.2, 0.25) is 0 Å². The Morgan fingerprint density at radius 3 is 2.62 bits per heavy atom. The van der Waals surface area contributed by atoms with Crippen molar-refractivity contribution in [2.24, 2.45) is 11.0 Å². The number of carbonyl (C=O) groups excluding carboxylic acids is 1. The normalized spacial score (nSPS) is 10.1. The van der Waals surface area contributed by atoms with Gasteiger partial charge in [-0.15, -0.1) is 0 Å². The molecule has 2 amide bonds. The van der Waals surface area contributed by atoms with Crippen LogP contribution in [-0.2, 0) is 0 Å². The van der Waals surface area contributed by atoms with E-state index >= 15 is 0 Å². The summed E-state index contributed by atoms with van der Waals surface area (Å²) in [5.74, 6) is 5.59. The quantitative estimate of drug-likeness (QED) is 0.331. The first kappa shape index (κ1) is 10.3. The summed E-state index contributed by atoms with van der Waals surface area (Å²) in [7, 11) is 0. The Balaban J connectivity index is 2.60. The van der Waals surface area contributed by atoms with Crippen LogP contribution in [0.4, 0.5) is 10.5 Å². The number of nitrogens with two attached hydrogens (primary N) is 1. The maximum atomic E-state index is 11.2. The van der Waals surface area contributed by atoms with E-state index in [4.69, 9.17) is 11.4 Å². The summed E-state index contributed by atoms with van der Waals surface area (Å²) in [6, 6.07) is 12.2. The summed E-state index contributed by atoms with van der Waals surface area (Å²) in [5.41, 5.74) is 7.19. The molecule has 0 atom stereocenters. The lowest BCUT2D eigenvalue weighted by Gasteiger charge is -2.15. The van der Waals surface area contributed by atoms with Gasteiger partial charge in [0.25, 0.3) is 0 Å². The monoisotopic (exact) mass is 214 g/mol. The van der Waals surface area contributed by atoms with Crippen molar-refractivity contribution in [1.82, 2.24) is 0 Å². The summed E-state index contributed by atoms with van der Waals surface area (Å²) in [6.45, 7) is 0. The fourth-order valence-corrected chi connectivity index (χ4v) is 1.58. The number of hydrazine groups is 1. The highest BCUT2D eigenvalue weighted by Gasteiger charge is 2.12. The van der Waals surface area contributed by atoms with Gasteiger partial charge in [0.1, 0.15) is 0 Å². The van der Waals surface area contributed by atoms with Crippen LogP contribution in [0.1, 0.15) is 0 Å². The van der Waals surface area contributed by atoms with Crippen molar-refractivity contribution in [2.75, 3.05) is 5.01 Å². The van der Waals surface area contributed by atoms with Crippen molar-refractivity contribution >= 4 is 22.5 Å². The first-order valence-electron chi connectivity index (χ1n) is 4.68. The third kappa shape index (κ3) is 1.64. The van der Waals surface area contributed by atoms with E-state index in [0.717, 1.165) is 15.8 Å². The summed E-state index contributed by atoms with van der Waals surface area (Å²) in [6.07, 6.45) is 0. The van der Waals surface area contributed by atoms with E-state index in [1.54, 1.807) is 12.1 Å². The molecule has 0 saturated carbocycles. The van der Waals surface area contributed by atoms with Gasteiger partial charge in [-0.3, -0.25) is 0 Å². The molecule has 0 aliphatic carbocycles. The van der Waals surface area contributed by atoms with E-state index < -0.39 is 6.03 Å². The summed E-state index contributed by atoms with van der Waals surface area (Å²) >= 11 is 0. The Bertz CT molecular complexity index is 547. The zero-order valence-corrected chi connectivity index (χ0v) is 8.42. The Hall–Kier alpha value is -2.27. The molecule has 0 saturated heterocycles. The van der Waals surface area contributed by atoms with Crippen molar-refractivity contribution in [1.29, 1.82) is 5.53 Å². The predicted molar refractivity (Wildman–Crippen MR) is 61.2 cm³/mol. The second-order valence-corrected chi connectivity index (χ2v) is 3.26. The first-order valence-corrected chi connectivity index (χ1v) is 4.68. The molecule has 0 aliphatic heterocycles. The van der Waals surface area contributed by atoms with Crippen LogP contribution < -0.4 is 10.9 Å². The minimum absolute atomic E-state index is 0.541. The molecule has 0 spiro atoms. The molecule has 2 aromatic rings. The highest BCUT2D eigenvalue weighted by molar-refractivity contribution is 6.02. The number of anilines is 1. The molecular weight excluding hydrogens is 204 g/mol. The lowest BCUT2D eigenvalue weighted by atomic mass is 10.1. The number of nitrogens with zero attached hydrogens (tertiary/aromatic N) is 2. The van der Waals surface area contributed by atoms with Crippen LogP contribution in [0.15, 0.2) is 47.6 Å². The van der Waals surface area contributed by atoms with Gasteiger partial charge in [-0.25, -0.2) is 15.6 Å². The van der Waals surface area contributed by atoms with Crippen LogP contribution in [-0.4, -0.2) is 6.03 Å². The summed E-state index contributed by atoms with van der Waals surface area (Å²) in [5, 5.41) is 5.49. The molecule has 0 unspecified atom stereocenters. The van der Waals surface area contributed by atoms with Crippen LogP contribution in [0.25, 0.3) is 10.8 Å². The first-order chi connectivity index (χ1) is 7.74. The fourth-order valence-electron chi connectivity index (χ4n) is 1.58. The van der Waals surface area contributed by atoms with E-state index in [9.17, 15) is 4.79 Å². The topological polar surface area (TPSA) is 82.5 Å². The van der Waals surface area contributed by atoms with Gasteiger partial charge in [0.2, 0.25) is 0 Å². The van der Waals surface area contributed by atoms with Crippen LogP contribution >= 0.6 is 0 Å². The maximum Gasteiger partial charge on any atom is 0.380 e. The van der Waals surface area contributed by atoms with Crippen LogP contribution in [0, 0.1) is 5.53 Å². The number of hydrogen-bond acceptors (Lipinski definition) is 3. The van der Waals surface area contributed by atoms with E-state index in [0.29, 0.717) is 5.69 Å². The second-order valence-electron chi connectivity index (χ2n) is 3.26. The molecule has 0 bridgehead atoms. The molecule has 0 heterocycles. The summed E-state index contributed by atoms with van der Waals surface area (Å²) < 4.78 is 0. The average molecular weight is 214 g/mol. The van der Waals surface area contributed by atoms with Gasteiger partial charge in [-0.1, -0.05) is 41.5 Å². The molecule has 2 aromatic carbocycles. The van der Waals surface area contributed by atoms with Gasteiger partial charge in [-0.05, 0) is 11.5 Å². The lowest BCUT2D eigenvalue weighted by Crippen LogP contribution is -2.35. The molecule has 5 nitrogen and oxygen atoms in total. The Kier molecular flexibility index (Phi) is 2.61. The lowest BCUT2D eigenvalue weighted by molar-refractivity contribution is 0.252. The zero-order chi connectivity index (χ0) is 11.5. The third-order valence-corrected chi connectivity index (χ3v) is 2.33. The molecule has 0 aromatic heterocycles. The standard InChI is InChI=1S/C11H10N4O/c12-14-11(16)15(13)10-7-3-5-8-4-1-2-6-9(8)10/h1-7,12H,13H2. The molecule has 0 radical (unpaired) electrons. The van der Waals surface area contributed by atoms with Crippen molar-refractivity contribution in [3.8, 4) is 0 Å². The van der Waals surface area contributed by atoms with Crippen molar-refractivity contribution < 1.29 is 4.79 Å². The Morgan fingerprint density at radius 1 is 1.19 bits per heavy atom. The Labute approximate surface area is 91.9 Å². The second kappa shape index (κ2) is 4.08. The molecule has 5 heteroatoms. The predicted octanol–water partition coefficient (Wildman–Crippen LogP) is 2.67. The molecule has 0 aliphatic rings. The van der Waals surface area contributed by atoms with Crippen molar-refractivity contribution in [3.63, 3.8) is 0 Å². The van der Waals surface area contributed by atoms with E-state index in [1.807, 2.05) is 30.3 Å². The molecule has 2 rings (SSSR count). The van der Waals surface area contributed by atoms with Gasteiger partial charge in [0.05, 0.1) is 5.69 Å². The van der Waals surface area contributed by atoms with Gasteiger partial charge in [0, 0.05) is 5.39 Å². The largest absolute Gasteiger partial charge is 0.380 e. The van der Waals surface area contributed by atoms with Crippen LogP contribution in [0.5, 0.6) is 0 Å². The smallest absolute Gasteiger partial charge is 0.242 e. The number of carbonyl (C=O) groups is 1. The molecular formula is C11H10N4O.